The summed E-state index contributed by atoms with van der Waals surface area (Å²) in [5.41, 5.74) is 0. The average molecular weight is 250 g/mol. The molecule has 3 nitrogen and oxygen atoms in total. The minimum absolute atomic E-state index is 0.184. The van der Waals surface area contributed by atoms with Gasteiger partial charge >= 0.3 is 5.97 Å². The van der Waals surface area contributed by atoms with E-state index in [1.807, 2.05) is 0 Å². The fraction of sp³-hybridized carbons (Fsp3) is 0.917. The van der Waals surface area contributed by atoms with E-state index in [0.29, 0.717) is 12.2 Å². The van der Waals surface area contributed by atoms with Crippen LogP contribution in [0.25, 0.3) is 0 Å². The minimum atomic E-state index is -0.663. The lowest BCUT2D eigenvalue weighted by Crippen LogP contribution is -1.93. The Kier molecular flexibility index (Phi) is 19.5. The molecule has 2 N–H and O–H groups in total. The van der Waals surface area contributed by atoms with Gasteiger partial charge in [-0.3, -0.25) is 4.79 Å². The molecule has 0 aliphatic heterocycles. The van der Waals surface area contributed by atoms with Gasteiger partial charge in [0.2, 0.25) is 0 Å². The van der Waals surface area contributed by atoms with Crippen LogP contribution < -0.4 is 0 Å². The highest BCUT2D eigenvalue weighted by molar-refractivity contribution is 7.80. The first-order valence-corrected chi connectivity index (χ1v) is 6.75. The van der Waals surface area contributed by atoms with E-state index < -0.39 is 5.97 Å². The van der Waals surface area contributed by atoms with Crippen molar-refractivity contribution in [1.29, 1.82) is 0 Å². The second-order valence-corrected chi connectivity index (χ2v) is 4.16. The van der Waals surface area contributed by atoms with Crippen LogP contribution in [0.15, 0.2) is 0 Å². The molecule has 0 saturated heterocycles. The summed E-state index contributed by atoms with van der Waals surface area (Å²) in [6.07, 6.45) is 8.64. The molecule has 0 bridgehead atoms. The fourth-order valence-electron chi connectivity index (χ4n) is 1.23. The van der Waals surface area contributed by atoms with Crippen molar-refractivity contribution < 1.29 is 15.0 Å². The van der Waals surface area contributed by atoms with Gasteiger partial charge in [0, 0.05) is 12.2 Å². The van der Waals surface area contributed by atoms with Crippen LogP contribution in [0.4, 0.5) is 0 Å². The largest absolute Gasteiger partial charge is 0.481 e. The van der Waals surface area contributed by atoms with Crippen LogP contribution in [0.5, 0.6) is 0 Å². The molecule has 0 aliphatic rings. The van der Waals surface area contributed by atoms with Crippen LogP contribution in [0.1, 0.15) is 58.3 Å². The Hall–Kier alpha value is -0.220. The Morgan fingerprint density at radius 2 is 1.50 bits per heavy atom. The van der Waals surface area contributed by atoms with Crippen molar-refractivity contribution in [1.82, 2.24) is 0 Å². The Morgan fingerprint density at radius 3 is 1.88 bits per heavy atom. The van der Waals surface area contributed by atoms with Gasteiger partial charge in [0.1, 0.15) is 0 Å². The summed E-state index contributed by atoms with van der Waals surface area (Å²) in [6.45, 7) is 2.38. The van der Waals surface area contributed by atoms with E-state index in [-0.39, 0.29) is 6.61 Å². The maximum Gasteiger partial charge on any atom is 0.303 e. The van der Waals surface area contributed by atoms with Crippen molar-refractivity contribution in [2.24, 2.45) is 0 Å². The zero-order chi connectivity index (χ0) is 12.6. The zero-order valence-corrected chi connectivity index (χ0v) is 11.2. The molecule has 0 aromatic carbocycles. The molecule has 0 unspecified atom stereocenters. The summed E-state index contributed by atoms with van der Waals surface area (Å²) in [4.78, 5) is 10.1. The van der Waals surface area contributed by atoms with E-state index in [0.717, 1.165) is 12.8 Å². The number of aliphatic hydroxyl groups excluding tert-OH is 1. The molecule has 0 spiro atoms. The summed E-state index contributed by atoms with van der Waals surface area (Å²) >= 11 is 3.67. The van der Waals surface area contributed by atoms with Crippen LogP contribution >= 0.6 is 12.6 Å². The van der Waals surface area contributed by atoms with Gasteiger partial charge in [0.05, 0.1) is 6.61 Å². The Labute approximate surface area is 105 Å². The molecule has 0 radical (unpaired) electrons. The number of aliphatic hydroxyl groups is 1. The van der Waals surface area contributed by atoms with Crippen molar-refractivity contribution in [3.8, 4) is 0 Å². The summed E-state index contributed by atoms with van der Waals surface area (Å²) in [5, 5.41) is 16.2. The van der Waals surface area contributed by atoms with Gasteiger partial charge in [0.25, 0.3) is 0 Å². The second-order valence-electron chi connectivity index (χ2n) is 3.71. The molecule has 0 saturated carbocycles. The maximum atomic E-state index is 10.1. The van der Waals surface area contributed by atoms with Gasteiger partial charge in [0.15, 0.2) is 0 Å². The first-order valence-electron chi connectivity index (χ1n) is 6.12. The van der Waals surface area contributed by atoms with E-state index in [1.54, 1.807) is 0 Å². The average Bonchev–Trinajstić information content (AvgIpc) is 2.28. The first kappa shape index (κ1) is 18.2. The normalized spacial score (nSPS) is 9.44. The third-order valence-corrected chi connectivity index (χ3v) is 2.29. The van der Waals surface area contributed by atoms with Crippen molar-refractivity contribution in [2.75, 3.05) is 12.4 Å². The Morgan fingerprint density at radius 1 is 1.06 bits per heavy atom. The van der Waals surface area contributed by atoms with Crippen molar-refractivity contribution in [3.63, 3.8) is 0 Å². The topological polar surface area (TPSA) is 57.5 Å². The molecule has 16 heavy (non-hydrogen) atoms. The maximum absolute atomic E-state index is 10.1. The van der Waals surface area contributed by atoms with Crippen LogP contribution in [-0.4, -0.2) is 28.5 Å². The van der Waals surface area contributed by atoms with Gasteiger partial charge in [-0.25, -0.2) is 0 Å². The minimum Gasteiger partial charge on any atom is -0.481 e. The van der Waals surface area contributed by atoms with E-state index in [2.05, 4.69) is 19.6 Å². The number of unbranched alkanes of at least 4 members (excludes halogenated alkanes) is 6. The SMILES string of the molecule is CCCCCCCCCC(=O)O.OCCS. The summed E-state index contributed by atoms with van der Waals surface area (Å²) in [6, 6.07) is 0. The third-order valence-electron chi connectivity index (χ3n) is 2.09. The van der Waals surface area contributed by atoms with Crippen LogP contribution in [0.2, 0.25) is 0 Å². The lowest BCUT2D eigenvalue weighted by molar-refractivity contribution is -0.137. The molecule has 0 fully saturated rings. The number of aliphatic carboxylic acids is 1. The Bertz CT molecular complexity index is 138. The van der Waals surface area contributed by atoms with Crippen LogP contribution in [-0.2, 0) is 4.79 Å². The highest BCUT2D eigenvalue weighted by Crippen LogP contribution is 2.07. The summed E-state index contributed by atoms with van der Waals surface area (Å²) in [7, 11) is 0. The smallest absolute Gasteiger partial charge is 0.303 e. The molecule has 0 aliphatic carbocycles. The van der Waals surface area contributed by atoms with E-state index in [9.17, 15) is 4.79 Å². The molecule has 0 atom stereocenters. The van der Waals surface area contributed by atoms with E-state index in [4.69, 9.17) is 10.2 Å². The molecule has 0 heterocycles. The van der Waals surface area contributed by atoms with Crippen molar-refractivity contribution in [2.45, 2.75) is 58.3 Å². The molecule has 98 valence electrons. The predicted molar refractivity (Wildman–Crippen MR) is 71.2 cm³/mol. The fourth-order valence-corrected chi connectivity index (χ4v) is 1.23. The van der Waals surface area contributed by atoms with Gasteiger partial charge in [-0.15, -0.1) is 0 Å². The number of hydrogen-bond acceptors (Lipinski definition) is 3. The molecular formula is C12H26O3S. The highest BCUT2D eigenvalue weighted by atomic mass is 32.1. The second kappa shape index (κ2) is 17.2. The standard InChI is InChI=1S/C10H20O2.C2H6OS/c1-2-3-4-5-6-7-8-9-10(11)12;3-1-2-4/h2-9H2,1H3,(H,11,12);3-4H,1-2H2. The van der Waals surface area contributed by atoms with Gasteiger partial charge in [-0.05, 0) is 6.42 Å². The van der Waals surface area contributed by atoms with Crippen molar-refractivity contribution in [3.05, 3.63) is 0 Å². The quantitative estimate of drug-likeness (QED) is 0.435. The van der Waals surface area contributed by atoms with Crippen LogP contribution in [0.3, 0.4) is 0 Å². The van der Waals surface area contributed by atoms with Gasteiger partial charge < -0.3 is 10.2 Å². The lowest BCUT2D eigenvalue weighted by Gasteiger charge is -1.98. The predicted octanol–water partition coefficient (Wildman–Crippen LogP) is 3.12. The molecule has 0 rings (SSSR count). The van der Waals surface area contributed by atoms with Crippen LogP contribution in [0, 0.1) is 0 Å². The van der Waals surface area contributed by atoms with Gasteiger partial charge in [-0.1, -0.05) is 45.4 Å². The highest BCUT2D eigenvalue weighted by Gasteiger charge is 1.95. The summed E-state index contributed by atoms with van der Waals surface area (Å²) in [5.74, 6) is -0.0939. The number of carbonyl (C=O) groups is 1. The molecule has 0 aromatic rings. The van der Waals surface area contributed by atoms with Crippen molar-refractivity contribution >= 4 is 18.6 Å². The van der Waals surface area contributed by atoms with E-state index in [1.165, 1.54) is 32.1 Å². The lowest BCUT2D eigenvalue weighted by atomic mass is 10.1. The Balaban J connectivity index is 0. The monoisotopic (exact) mass is 250 g/mol. The summed E-state index contributed by atoms with van der Waals surface area (Å²) < 4.78 is 0. The number of thiol groups is 1. The number of carboxylic acid groups (broad SMARTS) is 1. The van der Waals surface area contributed by atoms with E-state index >= 15 is 0 Å². The number of carboxylic acids is 1. The molecule has 0 amide bonds. The molecule has 0 aromatic heterocycles. The zero-order valence-electron chi connectivity index (χ0n) is 10.3. The molecule has 4 heteroatoms. The number of hydrogen-bond donors (Lipinski definition) is 3. The number of rotatable bonds is 9. The van der Waals surface area contributed by atoms with Gasteiger partial charge in [-0.2, -0.15) is 12.6 Å². The molecular weight excluding hydrogens is 224 g/mol. The third kappa shape index (κ3) is 23.5. The first-order chi connectivity index (χ1) is 7.68.